The molecule has 1 amide bonds. The van der Waals surface area contributed by atoms with E-state index in [1.165, 1.54) is 10.9 Å². The van der Waals surface area contributed by atoms with Gasteiger partial charge in [0.05, 0.1) is 5.92 Å². The molecule has 5 nitrogen and oxygen atoms in total. The molecule has 0 saturated heterocycles. The summed E-state index contributed by atoms with van der Waals surface area (Å²) < 4.78 is 0. The lowest BCUT2D eigenvalue weighted by atomic mass is 9.96. The Morgan fingerprint density at radius 1 is 1.04 bits per heavy atom. The van der Waals surface area contributed by atoms with E-state index in [1.807, 2.05) is 54.7 Å². The minimum Gasteiger partial charge on any atom is -0.481 e. The minimum atomic E-state index is -0.937. The van der Waals surface area contributed by atoms with Crippen molar-refractivity contribution in [3.05, 3.63) is 71.9 Å². The average molecular weight is 364 g/mol. The van der Waals surface area contributed by atoms with Gasteiger partial charge in [0.1, 0.15) is 0 Å². The Labute approximate surface area is 158 Å². The predicted octanol–water partition coefficient (Wildman–Crippen LogP) is 3.55. The van der Waals surface area contributed by atoms with Gasteiger partial charge in [-0.05, 0) is 36.5 Å². The standard InChI is InChI=1S/C22H24N2O3/c25-21(14-18(22(26)27)13-16-7-2-1-3-8-16)23-12-6-9-17-15-24-20-11-5-4-10-19(17)20/h1-5,7-8,10-11,15,18,24H,6,9,12-14H2,(H,23,25)(H,26,27)/t18-/m1/s1. The first-order valence-corrected chi connectivity index (χ1v) is 9.22. The highest BCUT2D eigenvalue weighted by Crippen LogP contribution is 2.18. The van der Waals surface area contributed by atoms with Crippen LogP contribution in [0, 0.1) is 5.92 Å². The number of hydrogen-bond donors (Lipinski definition) is 3. The minimum absolute atomic E-state index is 0.00267. The van der Waals surface area contributed by atoms with E-state index >= 15 is 0 Å². The number of H-pyrrole nitrogens is 1. The molecule has 0 fully saturated rings. The number of aliphatic carboxylic acids is 1. The highest BCUT2D eigenvalue weighted by molar-refractivity contribution is 5.83. The third kappa shape index (κ3) is 5.20. The van der Waals surface area contributed by atoms with Crippen molar-refractivity contribution in [1.82, 2.24) is 10.3 Å². The molecule has 5 heteroatoms. The maximum Gasteiger partial charge on any atom is 0.307 e. The number of aromatic nitrogens is 1. The molecule has 0 unspecified atom stereocenters. The van der Waals surface area contributed by atoms with Crippen LogP contribution in [0.1, 0.15) is 24.0 Å². The number of aromatic amines is 1. The summed E-state index contributed by atoms with van der Waals surface area (Å²) in [5, 5.41) is 13.5. The Balaban J connectivity index is 1.45. The van der Waals surface area contributed by atoms with Crippen LogP contribution in [0.25, 0.3) is 10.9 Å². The molecular weight excluding hydrogens is 340 g/mol. The summed E-state index contributed by atoms with van der Waals surface area (Å²) in [5.41, 5.74) is 3.27. The zero-order valence-electron chi connectivity index (χ0n) is 15.2. The van der Waals surface area contributed by atoms with Crippen LogP contribution in [0.3, 0.4) is 0 Å². The molecule has 27 heavy (non-hydrogen) atoms. The van der Waals surface area contributed by atoms with Gasteiger partial charge in [-0.3, -0.25) is 9.59 Å². The van der Waals surface area contributed by atoms with E-state index in [-0.39, 0.29) is 12.3 Å². The fourth-order valence-corrected chi connectivity index (χ4v) is 3.29. The number of carboxylic acids is 1. The Hall–Kier alpha value is -3.08. The van der Waals surface area contributed by atoms with E-state index in [9.17, 15) is 14.7 Å². The lowest BCUT2D eigenvalue weighted by Crippen LogP contribution is -2.30. The zero-order chi connectivity index (χ0) is 19.1. The third-order valence-electron chi connectivity index (χ3n) is 4.73. The topological polar surface area (TPSA) is 82.2 Å². The molecule has 0 spiro atoms. The summed E-state index contributed by atoms with van der Waals surface area (Å²) in [6.07, 6.45) is 4.03. The number of carboxylic acid groups (broad SMARTS) is 1. The van der Waals surface area contributed by atoms with Crippen LogP contribution < -0.4 is 5.32 Å². The maximum absolute atomic E-state index is 12.1. The number of carbonyl (C=O) groups is 2. The van der Waals surface area contributed by atoms with Gasteiger partial charge in [-0.15, -0.1) is 0 Å². The number of aryl methyl sites for hydroxylation is 1. The van der Waals surface area contributed by atoms with Gasteiger partial charge in [0.2, 0.25) is 5.91 Å². The van der Waals surface area contributed by atoms with Crippen LogP contribution in [0.2, 0.25) is 0 Å². The Bertz CT molecular complexity index is 902. The molecule has 3 aromatic rings. The summed E-state index contributed by atoms with van der Waals surface area (Å²) in [6.45, 7) is 0.538. The van der Waals surface area contributed by atoms with Crippen molar-refractivity contribution in [3.63, 3.8) is 0 Å². The van der Waals surface area contributed by atoms with E-state index in [2.05, 4.69) is 16.4 Å². The first-order chi connectivity index (χ1) is 13.1. The molecule has 1 aromatic heterocycles. The van der Waals surface area contributed by atoms with Gasteiger partial charge in [0.15, 0.2) is 0 Å². The van der Waals surface area contributed by atoms with Crippen LogP contribution >= 0.6 is 0 Å². The van der Waals surface area contributed by atoms with Gasteiger partial charge >= 0.3 is 5.97 Å². The summed E-state index contributed by atoms with van der Waals surface area (Å²) in [7, 11) is 0. The quantitative estimate of drug-likeness (QED) is 0.508. The molecule has 1 atom stereocenters. The lowest BCUT2D eigenvalue weighted by molar-refractivity contribution is -0.144. The third-order valence-corrected chi connectivity index (χ3v) is 4.73. The van der Waals surface area contributed by atoms with Crippen LogP contribution in [0.5, 0.6) is 0 Å². The Morgan fingerprint density at radius 2 is 1.78 bits per heavy atom. The molecular formula is C22H24N2O3. The number of amides is 1. The molecule has 3 N–H and O–H groups in total. The number of para-hydroxylation sites is 1. The molecule has 140 valence electrons. The second-order valence-corrected chi connectivity index (χ2v) is 6.74. The molecule has 0 aliphatic carbocycles. The molecule has 0 aliphatic rings. The van der Waals surface area contributed by atoms with Crippen LogP contribution in [-0.2, 0) is 22.4 Å². The van der Waals surface area contributed by atoms with Crippen LogP contribution in [0.15, 0.2) is 60.8 Å². The summed E-state index contributed by atoms with van der Waals surface area (Å²) >= 11 is 0. The van der Waals surface area contributed by atoms with E-state index in [1.54, 1.807) is 0 Å². The Kier molecular flexibility index (Phi) is 6.26. The summed E-state index contributed by atoms with van der Waals surface area (Å²) in [5.74, 6) is -1.86. The van der Waals surface area contributed by atoms with Gasteiger partial charge in [0.25, 0.3) is 0 Å². The second kappa shape index (κ2) is 9.03. The predicted molar refractivity (Wildman–Crippen MR) is 106 cm³/mol. The second-order valence-electron chi connectivity index (χ2n) is 6.74. The molecule has 0 aliphatic heterocycles. The molecule has 1 heterocycles. The SMILES string of the molecule is O=C(C[C@@H](Cc1ccccc1)C(=O)O)NCCCc1c[nH]c2ccccc12. The van der Waals surface area contributed by atoms with E-state index < -0.39 is 11.9 Å². The number of fused-ring (bicyclic) bond motifs is 1. The molecule has 3 rings (SSSR count). The van der Waals surface area contributed by atoms with E-state index in [0.717, 1.165) is 23.9 Å². The largest absolute Gasteiger partial charge is 0.481 e. The van der Waals surface area contributed by atoms with Gasteiger partial charge < -0.3 is 15.4 Å². The van der Waals surface area contributed by atoms with Gasteiger partial charge in [-0.1, -0.05) is 48.5 Å². The highest BCUT2D eigenvalue weighted by atomic mass is 16.4. The fourth-order valence-electron chi connectivity index (χ4n) is 3.29. The number of nitrogens with one attached hydrogen (secondary N) is 2. The Morgan fingerprint density at radius 3 is 2.56 bits per heavy atom. The molecule has 0 bridgehead atoms. The molecule has 2 aromatic carbocycles. The average Bonchev–Trinajstić information content (AvgIpc) is 3.09. The fraction of sp³-hybridized carbons (Fsp3) is 0.273. The first-order valence-electron chi connectivity index (χ1n) is 9.22. The maximum atomic E-state index is 12.1. The van der Waals surface area contributed by atoms with Crippen molar-refractivity contribution in [2.45, 2.75) is 25.7 Å². The molecule has 0 saturated carbocycles. The number of carbonyl (C=O) groups excluding carboxylic acids is 1. The summed E-state index contributed by atoms with van der Waals surface area (Å²) in [4.78, 5) is 26.9. The number of benzene rings is 2. The van der Waals surface area contributed by atoms with Crippen LogP contribution in [0.4, 0.5) is 0 Å². The van der Waals surface area contributed by atoms with Crippen LogP contribution in [-0.4, -0.2) is 28.5 Å². The highest BCUT2D eigenvalue weighted by Gasteiger charge is 2.21. The number of hydrogen-bond acceptors (Lipinski definition) is 2. The van der Waals surface area contributed by atoms with E-state index in [0.29, 0.717) is 13.0 Å². The normalized spacial score (nSPS) is 12.0. The lowest BCUT2D eigenvalue weighted by Gasteiger charge is -2.12. The van der Waals surface area contributed by atoms with Crippen molar-refractivity contribution < 1.29 is 14.7 Å². The van der Waals surface area contributed by atoms with Gasteiger partial charge in [0, 0.05) is 30.1 Å². The molecule has 0 radical (unpaired) electrons. The zero-order valence-corrected chi connectivity index (χ0v) is 15.2. The van der Waals surface area contributed by atoms with E-state index in [4.69, 9.17) is 0 Å². The van der Waals surface area contributed by atoms with Crippen molar-refractivity contribution >= 4 is 22.8 Å². The summed E-state index contributed by atoms with van der Waals surface area (Å²) in [6, 6.07) is 17.5. The van der Waals surface area contributed by atoms with Crippen molar-refractivity contribution in [3.8, 4) is 0 Å². The monoisotopic (exact) mass is 364 g/mol. The van der Waals surface area contributed by atoms with Crippen molar-refractivity contribution in [1.29, 1.82) is 0 Å². The van der Waals surface area contributed by atoms with Gasteiger partial charge in [-0.25, -0.2) is 0 Å². The van der Waals surface area contributed by atoms with Crippen molar-refractivity contribution in [2.24, 2.45) is 5.92 Å². The van der Waals surface area contributed by atoms with Gasteiger partial charge in [-0.2, -0.15) is 0 Å². The first kappa shape index (κ1) is 18.7. The van der Waals surface area contributed by atoms with Crippen molar-refractivity contribution in [2.75, 3.05) is 6.54 Å². The smallest absolute Gasteiger partial charge is 0.307 e. The number of rotatable bonds is 9.